The van der Waals surface area contributed by atoms with Crippen molar-refractivity contribution in [2.75, 3.05) is 5.73 Å². The molecule has 0 fully saturated rings. The zero-order valence-electron chi connectivity index (χ0n) is 9.52. The third-order valence-electron chi connectivity index (χ3n) is 2.49. The van der Waals surface area contributed by atoms with Crippen LogP contribution in [0.25, 0.3) is 11.2 Å². The number of rotatable bonds is 3. The summed E-state index contributed by atoms with van der Waals surface area (Å²) in [6.45, 7) is 0.441. The van der Waals surface area contributed by atoms with Gasteiger partial charge in [0, 0.05) is 0 Å². The molecule has 0 spiro atoms. The highest BCUT2D eigenvalue weighted by Crippen LogP contribution is 2.09. The molecule has 0 aliphatic rings. The van der Waals surface area contributed by atoms with Crippen molar-refractivity contribution >= 4 is 17.1 Å². The average Bonchev–Trinajstić information content (AvgIpc) is 2.80. The number of nitrogens with two attached hydrogens (primary N) is 1. The summed E-state index contributed by atoms with van der Waals surface area (Å²) < 4.78 is 1.50. The minimum absolute atomic E-state index is 0.201. The van der Waals surface area contributed by atoms with Crippen LogP contribution in [0.15, 0.2) is 42.9 Å². The lowest BCUT2D eigenvalue weighted by Gasteiger charge is -2.06. The summed E-state index contributed by atoms with van der Waals surface area (Å²) in [5, 5.41) is 0. The van der Waals surface area contributed by atoms with E-state index < -0.39 is 0 Å². The number of anilines is 1. The Labute approximate surface area is 103 Å². The molecule has 2 N–H and O–H groups in total. The molecule has 2 heterocycles. The van der Waals surface area contributed by atoms with E-state index in [4.69, 9.17) is 10.6 Å². The average molecular weight is 241 g/mol. The molecule has 0 unspecified atom stereocenters. The molecule has 0 aliphatic heterocycles. The molecule has 3 aromatic rings. The Bertz CT molecular complexity index is 665. The number of aromatic nitrogens is 4. The summed E-state index contributed by atoms with van der Waals surface area (Å²) in [5.41, 5.74) is 7.83. The maximum Gasteiger partial charge on any atom is 0.222 e. The van der Waals surface area contributed by atoms with Gasteiger partial charge in [-0.05, 0) is 5.56 Å². The second-order valence-corrected chi connectivity index (χ2v) is 3.77. The minimum atomic E-state index is 0.201. The summed E-state index contributed by atoms with van der Waals surface area (Å²) in [7, 11) is 0. The van der Waals surface area contributed by atoms with Gasteiger partial charge in [0.2, 0.25) is 11.6 Å². The van der Waals surface area contributed by atoms with Crippen LogP contribution in [0, 0.1) is 0 Å². The van der Waals surface area contributed by atoms with E-state index in [1.807, 2.05) is 30.3 Å². The smallest absolute Gasteiger partial charge is 0.222 e. The fraction of sp³-hybridized carbons (Fsp3) is 0.0833. The van der Waals surface area contributed by atoms with Crippen LogP contribution < -0.4 is 10.6 Å². The van der Waals surface area contributed by atoms with Crippen LogP contribution in [-0.4, -0.2) is 19.7 Å². The predicted octanol–water partition coefficient (Wildman–Crippen LogP) is 1.04. The Balaban J connectivity index is 1.85. The van der Waals surface area contributed by atoms with Gasteiger partial charge in [-0.1, -0.05) is 30.3 Å². The van der Waals surface area contributed by atoms with Crippen molar-refractivity contribution in [1.29, 1.82) is 0 Å². The van der Waals surface area contributed by atoms with Crippen LogP contribution in [-0.2, 0) is 6.61 Å². The van der Waals surface area contributed by atoms with E-state index in [1.165, 1.54) is 4.73 Å². The Hall–Kier alpha value is -2.63. The van der Waals surface area contributed by atoms with E-state index in [0.29, 0.717) is 17.8 Å². The van der Waals surface area contributed by atoms with E-state index in [1.54, 1.807) is 12.5 Å². The Morgan fingerprint density at radius 2 is 2.00 bits per heavy atom. The summed E-state index contributed by atoms with van der Waals surface area (Å²) in [5.74, 6) is 0.201. The van der Waals surface area contributed by atoms with Crippen molar-refractivity contribution in [3.05, 3.63) is 48.4 Å². The zero-order valence-corrected chi connectivity index (χ0v) is 9.52. The Kier molecular flexibility index (Phi) is 2.53. The molecule has 18 heavy (non-hydrogen) atoms. The van der Waals surface area contributed by atoms with Gasteiger partial charge >= 0.3 is 0 Å². The molecule has 0 atom stereocenters. The van der Waals surface area contributed by atoms with E-state index in [0.717, 1.165) is 5.56 Å². The van der Waals surface area contributed by atoms with Crippen molar-refractivity contribution in [3.63, 3.8) is 0 Å². The van der Waals surface area contributed by atoms with Gasteiger partial charge in [0.05, 0.1) is 6.20 Å². The van der Waals surface area contributed by atoms with Crippen LogP contribution in [0.3, 0.4) is 0 Å². The molecule has 6 nitrogen and oxygen atoms in total. The van der Waals surface area contributed by atoms with Gasteiger partial charge in [0.15, 0.2) is 0 Å². The van der Waals surface area contributed by atoms with Crippen LogP contribution in [0.1, 0.15) is 5.56 Å². The molecule has 0 radical (unpaired) electrons. The second-order valence-electron chi connectivity index (χ2n) is 3.77. The third kappa shape index (κ3) is 1.95. The molecule has 0 saturated carbocycles. The van der Waals surface area contributed by atoms with Crippen LogP contribution >= 0.6 is 0 Å². The van der Waals surface area contributed by atoms with E-state index >= 15 is 0 Å². The number of nitrogens with zero attached hydrogens (tertiary/aromatic N) is 4. The topological polar surface area (TPSA) is 78.8 Å². The highest BCUT2D eigenvalue weighted by atomic mass is 16.7. The predicted molar refractivity (Wildman–Crippen MR) is 66.5 cm³/mol. The third-order valence-corrected chi connectivity index (χ3v) is 2.49. The first kappa shape index (κ1) is 10.5. The molecule has 0 saturated heterocycles. The van der Waals surface area contributed by atoms with Crippen molar-refractivity contribution in [3.8, 4) is 0 Å². The van der Waals surface area contributed by atoms with Crippen molar-refractivity contribution in [1.82, 2.24) is 19.7 Å². The number of hydrogen-bond acceptors (Lipinski definition) is 5. The van der Waals surface area contributed by atoms with E-state index in [9.17, 15) is 0 Å². The zero-order chi connectivity index (χ0) is 12.4. The molecule has 6 heteroatoms. The van der Waals surface area contributed by atoms with Crippen LogP contribution in [0.5, 0.6) is 0 Å². The second kappa shape index (κ2) is 4.33. The van der Waals surface area contributed by atoms with E-state index in [2.05, 4.69) is 15.0 Å². The van der Waals surface area contributed by atoms with Crippen molar-refractivity contribution in [2.45, 2.75) is 6.61 Å². The van der Waals surface area contributed by atoms with Crippen LogP contribution in [0.4, 0.5) is 5.95 Å². The molecule has 0 bridgehead atoms. The highest BCUT2D eigenvalue weighted by Gasteiger charge is 2.06. The fourth-order valence-electron chi connectivity index (χ4n) is 1.62. The lowest BCUT2D eigenvalue weighted by atomic mass is 10.2. The van der Waals surface area contributed by atoms with Gasteiger partial charge in [-0.25, -0.2) is 9.97 Å². The van der Waals surface area contributed by atoms with Gasteiger partial charge in [0.25, 0.3) is 0 Å². The first-order valence-electron chi connectivity index (χ1n) is 5.46. The Morgan fingerprint density at radius 3 is 2.83 bits per heavy atom. The number of fused-ring (bicyclic) bond motifs is 1. The van der Waals surface area contributed by atoms with Crippen molar-refractivity contribution in [2.24, 2.45) is 0 Å². The normalized spacial score (nSPS) is 10.7. The number of benzene rings is 1. The molecule has 1 aromatic carbocycles. The summed E-state index contributed by atoms with van der Waals surface area (Å²) in [6.07, 6.45) is 3.13. The quantitative estimate of drug-likeness (QED) is 0.741. The Morgan fingerprint density at radius 1 is 1.17 bits per heavy atom. The maximum atomic E-state index is 5.61. The molecule has 3 rings (SSSR count). The molecule has 2 aromatic heterocycles. The SMILES string of the molecule is Nc1ncc2ncn(OCc3ccccc3)c2n1. The molecule has 0 aliphatic carbocycles. The van der Waals surface area contributed by atoms with Gasteiger partial charge in [-0.2, -0.15) is 9.71 Å². The van der Waals surface area contributed by atoms with Gasteiger partial charge in [-0.15, -0.1) is 0 Å². The van der Waals surface area contributed by atoms with Crippen LogP contribution in [0.2, 0.25) is 0 Å². The van der Waals surface area contributed by atoms with Crippen molar-refractivity contribution < 1.29 is 4.84 Å². The molecule has 90 valence electrons. The molecular weight excluding hydrogens is 230 g/mol. The molecular formula is C12H11N5O. The fourth-order valence-corrected chi connectivity index (χ4v) is 1.62. The first-order valence-corrected chi connectivity index (χ1v) is 5.46. The lowest BCUT2D eigenvalue weighted by Crippen LogP contribution is -2.11. The minimum Gasteiger partial charge on any atom is -0.406 e. The van der Waals surface area contributed by atoms with Gasteiger partial charge in [0.1, 0.15) is 18.5 Å². The first-order chi connectivity index (χ1) is 8.83. The van der Waals surface area contributed by atoms with E-state index in [-0.39, 0.29) is 5.95 Å². The summed E-state index contributed by atoms with van der Waals surface area (Å²) in [4.78, 5) is 17.7. The number of imidazole rings is 1. The number of hydrogen-bond donors (Lipinski definition) is 1. The highest BCUT2D eigenvalue weighted by molar-refractivity contribution is 5.70. The summed E-state index contributed by atoms with van der Waals surface area (Å²) in [6, 6.07) is 9.87. The van der Waals surface area contributed by atoms with Gasteiger partial charge in [-0.3, -0.25) is 0 Å². The van der Waals surface area contributed by atoms with Gasteiger partial charge < -0.3 is 10.6 Å². The largest absolute Gasteiger partial charge is 0.406 e. The molecule has 0 amide bonds. The maximum absolute atomic E-state index is 5.61. The summed E-state index contributed by atoms with van der Waals surface area (Å²) >= 11 is 0. The lowest BCUT2D eigenvalue weighted by molar-refractivity contribution is 0.105. The monoisotopic (exact) mass is 241 g/mol. The standard InChI is InChI=1S/C12H11N5O/c13-12-14-6-10-11(16-12)17(8-15-10)18-7-9-4-2-1-3-5-9/h1-6,8H,7H2,(H2,13,14,16). The number of nitrogen functional groups attached to an aromatic ring is 1.